The number of guanidine groups is 1. The van der Waals surface area contributed by atoms with Crippen molar-refractivity contribution < 1.29 is 22.7 Å². The van der Waals surface area contributed by atoms with Gasteiger partial charge in [-0.2, -0.15) is 13.2 Å². The molecule has 1 amide bonds. The third-order valence-electron chi connectivity index (χ3n) is 4.43. The largest absolute Gasteiger partial charge is 0.484 e. The van der Waals surface area contributed by atoms with Gasteiger partial charge < -0.3 is 20.3 Å². The molecule has 32 heavy (non-hydrogen) atoms. The fourth-order valence-electron chi connectivity index (χ4n) is 2.61. The molecule has 0 heterocycles. The van der Waals surface area contributed by atoms with Gasteiger partial charge in [0.15, 0.2) is 12.6 Å². The van der Waals surface area contributed by atoms with Crippen molar-refractivity contribution >= 4 is 35.8 Å². The van der Waals surface area contributed by atoms with E-state index in [9.17, 15) is 18.0 Å². The number of aliphatic imine (C=N–C) groups is 1. The number of carbonyl (C=O) groups excluding carboxylic acids is 1. The second-order valence-corrected chi connectivity index (χ2v) is 7.02. The Kier molecular flexibility index (Phi) is 11.3. The molecule has 0 unspecified atom stereocenters. The average molecular weight is 564 g/mol. The molecular formula is C22H28F3IN4O2. The van der Waals surface area contributed by atoms with Crippen molar-refractivity contribution in [3.05, 3.63) is 65.2 Å². The molecule has 6 nitrogen and oxygen atoms in total. The lowest BCUT2D eigenvalue weighted by Crippen LogP contribution is -2.37. The van der Waals surface area contributed by atoms with Crippen LogP contribution in [0.4, 0.5) is 13.2 Å². The van der Waals surface area contributed by atoms with E-state index in [1.54, 1.807) is 27.2 Å². The summed E-state index contributed by atoms with van der Waals surface area (Å²) in [5.41, 5.74) is 1.09. The third kappa shape index (κ3) is 9.33. The third-order valence-corrected chi connectivity index (χ3v) is 4.43. The molecule has 2 aromatic rings. The van der Waals surface area contributed by atoms with E-state index in [1.807, 2.05) is 18.2 Å². The molecule has 0 aromatic heterocycles. The lowest BCUT2D eigenvalue weighted by molar-refractivity contribution is -0.137. The van der Waals surface area contributed by atoms with Gasteiger partial charge in [0, 0.05) is 34.2 Å². The second kappa shape index (κ2) is 13.1. The summed E-state index contributed by atoms with van der Waals surface area (Å²) in [6.45, 7) is 0.969. The Bertz CT molecular complexity index is 887. The zero-order chi connectivity index (χ0) is 22.9. The monoisotopic (exact) mass is 564 g/mol. The van der Waals surface area contributed by atoms with E-state index in [0.717, 1.165) is 23.3 Å². The smallest absolute Gasteiger partial charge is 0.416 e. The Hall–Kier alpha value is -2.50. The average Bonchev–Trinajstić information content (AvgIpc) is 2.74. The first kappa shape index (κ1) is 27.5. The normalized spacial score (nSPS) is 11.4. The predicted molar refractivity (Wildman–Crippen MR) is 129 cm³/mol. The van der Waals surface area contributed by atoms with Crippen LogP contribution in [0.5, 0.6) is 5.75 Å². The Morgan fingerprint density at radius 3 is 2.34 bits per heavy atom. The summed E-state index contributed by atoms with van der Waals surface area (Å²) in [7, 11) is 4.98. The molecule has 10 heteroatoms. The number of benzene rings is 2. The highest BCUT2D eigenvalue weighted by molar-refractivity contribution is 14.0. The number of nitrogens with zero attached hydrogens (tertiary/aromatic N) is 2. The van der Waals surface area contributed by atoms with Gasteiger partial charge in [0.2, 0.25) is 0 Å². The van der Waals surface area contributed by atoms with Gasteiger partial charge in [-0.3, -0.25) is 9.79 Å². The molecule has 2 rings (SSSR count). The molecule has 0 bridgehead atoms. The molecule has 0 fully saturated rings. The maximum absolute atomic E-state index is 12.6. The summed E-state index contributed by atoms with van der Waals surface area (Å²) >= 11 is 0. The summed E-state index contributed by atoms with van der Waals surface area (Å²) in [6, 6.07) is 12.5. The van der Waals surface area contributed by atoms with Crippen molar-refractivity contribution in [2.75, 3.05) is 34.3 Å². The highest BCUT2D eigenvalue weighted by atomic mass is 127. The van der Waals surface area contributed by atoms with Gasteiger partial charge in [0.1, 0.15) is 5.75 Å². The van der Waals surface area contributed by atoms with Crippen molar-refractivity contribution in [2.24, 2.45) is 4.99 Å². The molecule has 176 valence electrons. The lowest BCUT2D eigenvalue weighted by Gasteiger charge is -2.14. The molecule has 0 spiro atoms. The van der Waals surface area contributed by atoms with Crippen LogP contribution in [0.15, 0.2) is 53.5 Å². The molecule has 0 radical (unpaired) electrons. The van der Waals surface area contributed by atoms with E-state index in [4.69, 9.17) is 4.74 Å². The van der Waals surface area contributed by atoms with Gasteiger partial charge in [-0.1, -0.05) is 24.3 Å². The van der Waals surface area contributed by atoms with Gasteiger partial charge in [0.05, 0.1) is 5.56 Å². The lowest BCUT2D eigenvalue weighted by atomic mass is 10.1. The molecule has 0 saturated heterocycles. The fraction of sp³-hybridized carbons (Fsp3) is 0.364. The van der Waals surface area contributed by atoms with Crippen LogP contribution in [0.3, 0.4) is 0 Å². The number of amides is 1. The van der Waals surface area contributed by atoms with Crippen molar-refractivity contribution in [3.8, 4) is 5.75 Å². The summed E-state index contributed by atoms with van der Waals surface area (Å²) in [5, 5.41) is 6.31. The summed E-state index contributed by atoms with van der Waals surface area (Å²) in [4.78, 5) is 17.2. The number of ether oxygens (including phenoxy) is 1. The number of alkyl halides is 3. The summed E-state index contributed by atoms with van der Waals surface area (Å²) in [5.74, 6) is 1.04. The molecular weight excluding hydrogens is 536 g/mol. The van der Waals surface area contributed by atoms with Crippen LogP contribution in [-0.2, 0) is 23.9 Å². The predicted octanol–water partition coefficient (Wildman–Crippen LogP) is 3.70. The molecule has 2 aromatic carbocycles. The van der Waals surface area contributed by atoms with Crippen LogP contribution in [0.25, 0.3) is 0 Å². The SMILES string of the molecule is CN=C(NCCc1ccc(C(F)(F)F)cc1)NCc1cccc(OCC(=O)N(C)C)c1.I. The second-order valence-electron chi connectivity index (χ2n) is 7.02. The van der Waals surface area contributed by atoms with Gasteiger partial charge in [0.25, 0.3) is 5.91 Å². The van der Waals surface area contributed by atoms with Crippen LogP contribution in [0.2, 0.25) is 0 Å². The standard InChI is InChI=1S/C22H27F3N4O2.HI/c1-26-21(27-12-11-16-7-9-18(10-8-16)22(23,24)25)28-14-17-5-4-6-19(13-17)31-15-20(30)29(2)3;/h4-10,13H,11-12,14-15H2,1-3H3,(H2,26,27,28);1H. The zero-order valence-electron chi connectivity index (χ0n) is 18.2. The number of halogens is 4. The fourth-order valence-corrected chi connectivity index (χ4v) is 2.61. The number of carbonyl (C=O) groups is 1. The van der Waals surface area contributed by atoms with E-state index in [1.165, 1.54) is 17.0 Å². The summed E-state index contributed by atoms with van der Waals surface area (Å²) < 4.78 is 43.4. The number of hydrogen-bond donors (Lipinski definition) is 2. The highest BCUT2D eigenvalue weighted by Crippen LogP contribution is 2.29. The maximum Gasteiger partial charge on any atom is 0.416 e. The van der Waals surface area contributed by atoms with E-state index < -0.39 is 11.7 Å². The van der Waals surface area contributed by atoms with E-state index >= 15 is 0 Å². The van der Waals surface area contributed by atoms with Crippen LogP contribution in [0, 0.1) is 0 Å². The topological polar surface area (TPSA) is 66.0 Å². The number of hydrogen-bond acceptors (Lipinski definition) is 3. The molecule has 0 saturated carbocycles. The quantitative estimate of drug-likeness (QED) is 0.292. The maximum atomic E-state index is 12.6. The molecule has 0 atom stereocenters. The molecule has 0 aliphatic carbocycles. The van der Waals surface area contributed by atoms with E-state index in [2.05, 4.69) is 15.6 Å². The molecule has 0 aliphatic heterocycles. The summed E-state index contributed by atoms with van der Waals surface area (Å²) in [6.07, 6.45) is -3.77. The Labute approximate surface area is 203 Å². The van der Waals surface area contributed by atoms with Crippen molar-refractivity contribution in [1.29, 1.82) is 0 Å². The number of rotatable bonds is 8. The van der Waals surface area contributed by atoms with Crippen LogP contribution < -0.4 is 15.4 Å². The first-order chi connectivity index (χ1) is 14.7. The molecule has 0 aliphatic rings. The van der Waals surface area contributed by atoms with Crippen molar-refractivity contribution in [1.82, 2.24) is 15.5 Å². The number of nitrogens with one attached hydrogen (secondary N) is 2. The first-order valence-electron chi connectivity index (χ1n) is 9.71. The van der Waals surface area contributed by atoms with Gasteiger partial charge in [-0.25, -0.2) is 0 Å². The van der Waals surface area contributed by atoms with Gasteiger partial charge in [-0.15, -0.1) is 24.0 Å². The van der Waals surface area contributed by atoms with Crippen LogP contribution in [0.1, 0.15) is 16.7 Å². The molecule has 2 N–H and O–H groups in total. The minimum Gasteiger partial charge on any atom is -0.484 e. The zero-order valence-corrected chi connectivity index (χ0v) is 20.5. The Morgan fingerprint density at radius 2 is 1.75 bits per heavy atom. The van der Waals surface area contributed by atoms with E-state index in [-0.39, 0.29) is 36.5 Å². The van der Waals surface area contributed by atoms with Crippen LogP contribution in [-0.4, -0.2) is 51.1 Å². The first-order valence-corrected chi connectivity index (χ1v) is 9.71. The minimum absolute atomic E-state index is 0. The number of likely N-dealkylation sites (N-methyl/N-ethyl adjacent to an activating group) is 1. The van der Waals surface area contributed by atoms with Crippen molar-refractivity contribution in [3.63, 3.8) is 0 Å². The van der Waals surface area contributed by atoms with Crippen molar-refractivity contribution in [2.45, 2.75) is 19.1 Å². The van der Waals surface area contributed by atoms with Gasteiger partial charge in [-0.05, 0) is 41.8 Å². The Balaban J connectivity index is 0.00000512. The Morgan fingerprint density at radius 1 is 1.06 bits per heavy atom. The van der Waals surface area contributed by atoms with Gasteiger partial charge >= 0.3 is 6.18 Å². The van der Waals surface area contributed by atoms with Crippen LogP contribution >= 0.6 is 24.0 Å². The highest BCUT2D eigenvalue weighted by Gasteiger charge is 2.29. The van der Waals surface area contributed by atoms with E-state index in [0.29, 0.717) is 31.2 Å². The minimum atomic E-state index is -4.33.